The molecule has 0 atom stereocenters. The minimum Gasteiger partial charge on any atom is -0.457 e. The van der Waals surface area contributed by atoms with E-state index in [-0.39, 0.29) is 11.9 Å². The van der Waals surface area contributed by atoms with E-state index in [1.54, 1.807) is 24.3 Å². The number of nitrogens with zero attached hydrogens (tertiary/aromatic N) is 2. The number of para-hydroxylation sites is 1. The highest BCUT2D eigenvalue weighted by Gasteiger charge is 2.13. The molecule has 0 spiro atoms. The van der Waals surface area contributed by atoms with E-state index >= 15 is 0 Å². The number of ether oxygens (including phenoxy) is 1. The van der Waals surface area contributed by atoms with E-state index in [0.29, 0.717) is 17.2 Å². The first-order valence-electron chi connectivity index (χ1n) is 8.41. The molecule has 0 bridgehead atoms. The van der Waals surface area contributed by atoms with Gasteiger partial charge in [-0.05, 0) is 60.7 Å². The van der Waals surface area contributed by atoms with Crippen LogP contribution >= 0.6 is 15.9 Å². The topological polar surface area (TPSA) is 77.3 Å². The summed E-state index contributed by atoms with van der Waals surface area (Å²) < 4.78 is 12.2. The van der Waals surface area contributed by atoms with Crippen LogP contribution in [0.4, 0.5) is 6.01 Å². The predicted octanol–water partition coefficient (Wildman–Crippen LogP) is 5.54. The largest absolute Gasteiger partial charge is 0.457 e. The number of benzene rings is 3. The van der Waals surface area contributed by atoms with Crippen LogP contribution in [-0.2, 0) is 0 Å². The number of aromatic nitrogens is 2. The summed E-state index contributed by atoms with van der Waals surface area (Å²) in [6, 6.07) is 23.7. The molecule has 28 heavy (non-hydrogen) atoms. The van der Waals surface area contributed by atoms with Crippen molar-refractivity contribution >= 4 is 27.9 Å². The Kier molecular flexibility index (Phi) is 5.16. The van der Waals surface area contributed by atoms with Gasteiger partial charge in [0, 0.05) is 15.6 Å². The van der Waals surface area contributed by atoms with E-state index in [2.05, 4.69) is 31.4 Å². The van der Waals surface area contributed by atoms with Gasteiger partial charge in [0.2, 0.25) is 5.89 Å². The van der Waals surface area contributed by atoms with E-state index in [0.717, 1.165) is 15.8 Å². The molecule has 0 saturated heterocycles. The van der Waals surface area contributed by atoms with Crippen LogP contribution in [0.15, 0.2) is 87.8 Å². The van der Waals surface area contributed by atoms with E-state index in [1.165, 1.54) is 0 Å². The normalized spacial score (nSPS) is 10.5. The summed E-state index contributed by atoms with van der Waals surface area (Å²) >= 11 is 3.37. The van der Waals surface area contributed by atoms with Crippen molar-refractivity contribution in [1.29, 1.82) is 0 Å². The standard InChI is InChI=1S/C21H14BrN3O3/c22-16-10-6-15(7-11-16)20-24-25-21(28-20)23-19(26)14-8-12-18(13-9-14)27-17-4-2-1-3-5-17/h1-13H,(H,23,25,26). The number of carbonyl (C=O) groups is 1. The number of anilines is 1. The van der Waals surface area contributed by atoms with Gasteiger partial charge >= 0.3 is 6.01 Å². The number of carbonyl (C=O) groups excluding carboxylic acids is 1. The van der Waals surface area contributed by atoms with Gasteiger partial charge in [-0.1, -0.05) is 39.2 Å². The lowest BCUT2D eigenvalue weighted by Crippen LogP contribution is -2.11. The molecule has 7 heteroatoms. The average molecular weight is 436 g/mol. The average Bonchev–Trinajstić information content (AvgIpc) is 3.18. The van der Waals surface area contributed by atoms with Crippen molar-refractivity contribution < 1.29 is 13.9 Å². The van der Waals surface area contributed by atoms with Crippen molar-refractivity contribution in [3.63, 3.8) is 0 Å². The molecular weight excluding hydrogens is 422 g/mol. The van der Waals surface area contributed by atoms with Crippen molar-refractivity contribution in [3.8, 4) is 23.0 Å². The number of nitrogens with one attached hydrogen (secondary N) is 1. The van der Waals surface area contributed by atoms with Gasteiger partial charge in [0.1, 0.15) is 11.5 Å². The molecule has 1 heterocycles. The molecule has 1 amide bonds. The van der Waals surface area contributed by atoms with Gasteiger partial charge in [-0.25, -0.2) is 0 Å². The zero-order chi connectivity index (χ0) is 19.3. The lowest BCUT2D eigenvalue weighted by atomic mass is 10.2. The van der Waals surface area contributed by atoms with E-state index in [4.69, 9.17) is 9.15 Å². The van der Waals surface area contributed by atoms with Crippen LogP contribution in [-0.4, -0.2) is 16.1 Å². The molecule has 1 N–H and O–H groups in total. The van der Waals surface area contributed by atoms with Crippen LogP contribution < -0.4 is 10.1 Å². The summed E-state index contributed by atoms with van der Waals surface area (Å²) in [7, 11) is 0. The third kappa shape index (κ3) is 4.27. The van der Waals surface area contributed by atoms with Gasteiger partial charge in [0.25, 0.3) is 5.91 Å². The molecule has 6 nitrogen and oxygen atoms in total. The Bertz CT molecular complexity index is 1080. The first-order valence-corrected chi connectivity index (χ1v) is 9.20. The maximum absolute atomic E-state index is 12.4. The second kappa shape index (κ2) is 8.06. The number of hydrogen-bond acceptors (Lipinski definition) is 5. The molecule has 0 saturated carbocycles. The lowest BCUT2D eigenvalue weighted by molar-refractivity contribution is 0.102. The van der Waals surface area contributed by atoms with Crippen molar-refractivity contribution in [2.75, 3.05) is 5.32 Å². The van der Waals surface area contributed by atoms with E-state index < -0.39 is 0 Å². The second-order valence-corrected chi connectivity index (χ2v) is 6.73. The molecule has 4 aromatic rings. The summed E-state index contributed by atoms with van der Waals surface area (Å²) in [5.74, 6) is 1.34. The summed E-state index contributed by atoms with van der Waals surface area (Å²) in [5.41, 5.74) is 1.21. The van der Waals surface area contributed by atoms with Gasteiger partial charge in [-0.15, -0.1) is 5.10 Å². The molecule has 3 aromatic carbocycles. The fraction of sp³-hybridized carbons (Fsp3) is 0. The molecule has 0 fully saturated rings. The Labute approximate surface area is 169 Å². The first kappa shape index (κ1) is 17.9. The summed E-state index contributed by atoms with van der Waals surface area (Å²) in [6.07, 6.45) is 0. The molecule has 0 unspecified atom stereocenters. The number of amides is 1. The Morgan fingerprint density at radius 1 is 0.857 bits per heavy atom. The van der Waals surface area contributed by atoms with E-state index in [1.807, 2.05) is 54.6 Å². The van der Waals surface area contributed by atoms with Gasteiger partial charge in [-0.3, -0.25) is 10.1 Å². The molecule has 4 rings (SSSR count). The molecular formula is C21H14BrN3O3. The maximum Gasteiger partial charge on any atom is 0.322 e. The predicted molar refractivity (Wildman–Crippen MR) is 108 cm³/mol. The molecule has 138 valence electrons. The highest BCUT2D eigenvalue weighted by Crippen LogP contribution is 2.23. The maximum atomic E-state index is 12.4. The van der Waals surface area contributed by atoms with Crippen molar-refractivity contribution in [1.82, 2.24) is 10.2 Å². The molecule has 1 aromatic heterocycles. The zero-order valence-corrected chi connectivity index (χ0v) is 16.1. The third-order valence-corrected chi connectivity index (χ3v) is 4.36. The van der Waals surface area contributed by atoms with Crippen LogP contribution in [0, 0.1) is 0 Å². The number of hydrogen-bond donors (Lipinski definition) is 1. The fourth-order valence-corrected chi connectivity index (χ4v) is 2.72. The summed E-state index contributed by atoms with van der Waals surface area (Å²) in [6.45, 7) is 0. The van der Waals surface area contributed by atoms with Gasteiger partial charge in [-0.2, -0.15) is 0 Å². The Morgan fingerprint density at radius 3 is 2.25 bits per heavy atom. The van der Waals surface area contributed by atoms with E-state index in [9.17, 15) is 4.79 Å². The van der Waals surface area contributed by atoms with Crippen molar-refractivity contribution in [3.05, 3.63) is 88.9 Å². The van der Waals surface area contributed by atoms with Crippen LogP contribution in [0.2, 0.25) is 0 Å². The third-order valence-electron chi connectivity index (χ3n) is 3.83. The summed E-state index contributed by atoms with van der Waals surface area (Å²) in [4.78, 5) is 12.4. The second-order valence-electron chi connectivity index (χ2n) is 5.81. The quantitative estimate of drug-likeness (QED) is 0.444. The van der Waals surface area contributed by atoms with Gasteiger partial charge in [0.05, 0.1) is 0 Å². The van der Waals surface area contributed by atoms with Crippen LogP contribution in [0.3, 0.4) is 0 Å². The first-order chi connectivity index (χ1) is 13.7. The minimum atomic E-state index is -0.350. The number of halogens is 1. The summed E-state index contributed by atoms with van der Waals surface area (Å²) in [5, 5.41) is 10.4. The lowest BCUT2D eigenvalue weighted by Gasteiger charge is -2.06. The minimum absolute atomic E-state index is 0.0348. The Hall–Kier alpha value is -3.45. The van der Waals surface area contributed by atoms with Crippen LogP contribution in [0.5, 0.6) is 11.5 Å². The highest BCUT2D eigenvalue weighted by molar-refractivity contribution is 9.10. The smallest absolute Gasteiger partial charge is 0.322 e. The molecule has 0 aliphatic rings. The van der Waals surface area contributed by atoms with Crippen molar-refractivity contribution in [2.24, 2.45) is 0 Å². The Morgan fingerprint density at radius 2 is 1.54 bits per heavy atom. The zero-order valence-electron chi connectivity index (χ0n) is 14.5. The monoisotopic (exact) mass is 435 g/mol. The number of rotatable bonds is 5. The van der Waals surface area contributed by atoms with Crippen LogP contribution in [0.1, 0.15) is 10.4 Å². The van der Waals surface area contributed by atoms with Gasteiger partial charge in [0.15, 0.2) is 0 Å². The van der Waals surface area contributed by atoms with Crippen molar-refractivity contribution in [2.45, 2.75) is 0 Å². The SMILES string of the molecule is O=C(Nc1nnc(-c2ccc(Br)cc2)o1)c1ccc(Oc2ccccc2)cc1. The fourth-order valence-electron chi connectivity index (χ4n) is 2.45. The molecule has 0 aliphatic carbocycles. The van der Waals surface area contributed by atoms with Gasteiger partial charge < -0.3 is 9.15 Å². The van der Waals surface area contributed by atoms with Crippen LogP contribution in [0.25, 0.3) is 11.5 Å². The molecule has 0 aliphatic heterocycles. The highest BCUT2D eigenvalue weighted by atomic mass is 79.9. The Balaban J connectivity index is 1.42. The molecule has 0 radical (unpaired) electrons.